The van der Waals surface area contributed by atoms with Gasteiger partial charge in [0, 0.05) is 29.4 Å². The molecule has 0 radical (unpaired) electrons. The van der Waals surface area contributed by atoms with Crippen molar-refractivity contribution in [2.75, 3.05) is 20.1 Å². The molecule has 0 atom stereocenters. The minimum Gasteiger partial charge on any atom is -0.337 e. The number of halogens is 1. The lowest BCUT2D eigenvalue weighted by molar-refractivity contribution is 0.0697. The summed E-state index contributed by atoms with van der Waals surface area (Å²) in [5.74, 6) is 0.497. The smallest absolute Gasteiger partial charge is 0.272 e. The maximum Gasteiger partial charge on any atom is 0.272 e. The third-order valence-electron chi connectivity index (χ3n) is 4.35. The Morgan fingerprint density at radius 3 is 2.54 bits per heavy atom. The average molecular weight is 345 g/mol. The summed E-state index contributed by atoms with van der Waals surface area (Å²) in [6.45, 7) is 3.77. The van der Waals surface area contributed by atoms with Crippen molar-refractivity contribution in [1.29, 1.82) is 0 Å². The molecule has 1 aromatic heterocycles. The van der Waals surface area contributed by atoms with Crippen molar-refractivity contribution in [3.8, 4) is 11.4 Å². The zero-order valence-electron chi connectivity index (χ0n) is 13.9. The molecular formula is C18H21ClN4O. The largest absolute Gasteiger partial charge is 0.337 e. The second-order valence-electron chi connectivity index (χ2n) is 6.12. The number of nitrogens with zero attached hydrogens (tertiary/aromatic N) is 3. The predicted octanol–water partition coefficient (Wildman–Crippen LogP) is 2.93. The number of carbonyl (C=O) groups is 1. The van der Waals surface area contributed by atoms with Crippen LogP contribution in [0.25, 0.3) is 11.4 Å². The fourth-order valence-electron chi connectivity index (χ4n) is 2.95. The molecule has 1 aliphatic heterocycles. The van der Waals surface area contributed by atoms with Gasteiger partial charge in [0.1, 0.15) is 5.69 Å². The number of hydrogen-bond donors (Lipinski definition) is 1. The molecule has 5 nitrogen and oxygen atoms in total. The second-order valence-corrected chi connectivity index (χ2v) is 6.56. The summed E-state index contributed by atoms with van der Waals surface area (Å²) in [6.07, 6.45) is 1.94. The van der Waals surface area contributed by atoms with Crippen LogP contribution in [0.4, 0.5) is 0 Å². The van der Waals surface area contributed by atoms with Crippen molar-refractivity contribution in [2.24, 2.45) is 0 Å². The Bertz CT molecular complexity index is 726. The Morgan fingerprint density at radius 2 is 1.88 bits per heavy atom. The van der Waals surface area contributed by atoms with Crippen LogP contribution in [0.5, 0.6) is 0 Å². The number of piperidine rings is 1. The molecule has 1 amide bonds. The summed E-state index contributed by atoms with van der Waals surface area (Å²) in [5, 5.41) is 3.98. The van der Waals surface area contributed by atoms with Crippen molar-refractivity contribution in [2.45, 2.75) is 25.8 Å². The van der Waals surface area contributed by atoms with Gasteiger partial charge in [-0.25, -0.2) is 9.97 Å². The Kier molecular flexibility index (Phi) is 5.11. The highest BCUT2D eigenvalue weighted by atomic mass is 35.5. The minimum absolute atomic E-state index is 0.0531. The van der Waals surface area contributed by atoms with Crippen LogP contribution < -0.4 is 5.32 Å². The lowest BCUT2D eigenvalue weighted by Gasteiger charge is -2.31. The Morgan fingerprint density at radius 1 is 1.21 bits per heavy atom. The third-order valence-corrected chi connectivity index (χ3v) is 4.60. The first-order chi connectivity index (χ1) is 11.5. The molecule has 3 rings (SSSR count). The molecule has 1 aromatic carbocycles. The number of aromatic nitrogens is 2. The van der Waals surface area contributed by atoms with E-state index in [1.165, 1.54) is 0 Å². The van der Waals surface area contributed by atoms with E-state index < -0.39 is 0 Å². The van der Waals surface area contributed by atoms with Crippen molar-refractivity contribution >= 4 is 17.5 Å². The van der Waals surface area contributed by atoms with Gasteiger partial charge >= 0.3 is 0 Å². The SMILES string of the molecule is Cc1cc(C(=O)N(C)C2CCNCC2)nc(-c2ccc(Cl)cc2)n1. The van der Waals surface area contributed by atoms with Gasteiger partial charge in [0.15, 0.2) is 5.82 Å². The number of rotatable bonds is 3. The molecule has 2 aromatic rings. The number of carbonyl (C=O) groups excluding carboxylic acids is 1. The molecule has 126 valence electrons. The summed E-state index contributed by atoms with van der Waals surface area (Å²) >= 11 is 5.93. The standard InChI is InChI=1S/C18H21ClN4O/c1-12-11-16(18(24)23(2)15-7-9-20-10-8-15)22-17(21-12)13-3-5-14(19)6-4-13/h3-6,11,15,20H,7-10H2,1-2H3. The van der Waals surface area contributed by atoms with Crippen LogP contribution in [-0.4, -0.2) is 47.0 Å². The molecule has 0 spiro atoms. The van der Waals surface area contributed by atoms with Crippen molar-refractivity contribution in [1.82, 2.24) is 20.2 Å². The lowest BCUT2D eigenvalue weighted by Crippen LogP contribution is -2.44. The van der Waals surface area contributed by atoms with E-state index in [4.69, 9.17) is 11.6 Å². The van der Waals surface area contributed by atoms with E-state index >= 15 is 0 Å². The maximum atomic E-state index is 12.8. The van der Waals surface area contributed by atoms with Crippen LogP contribution in [0.1, 0.15) is 29.0 Å². The molecule has 1 N–H and O–H groups in total. The number of benzene rings is 1. The van der Waals surface area contributed by atoms with E-state index in [0.29, 0.717) is 16.5 Å². The number of amides is 1. The summed E-state index contributed by atoms with van der Waals surface area (Å²) < 4.78 is 0. The number of hydrogen-bond acceptors (Lipinski definition) is 4. The zero-order chi connectivity index (χ0) is 17.1. The van der Waals surface area contributed by atoms with Gasteiger partial charge in [0.05, 0.1) is 0 Å². The topological polar surface area (TPSA) is 58.1 Å². The van der Waals surface area contributed by atoms with E-state index in [9.17, 15) is 4.79 Å². The monoisotopic (exact) mass is 344 g/mol. The van der Waals surface area contributed by atoms with Gasteiger partial charge in [0.2, 0.25) is 0 Å². The maximum absolute atomic E-state index is 12.8. The highest BCUT2D eigenvalue weighted by molar-refractivity contribution is 6.30. The van der Waals surface area contributed by atoms with E-state index in [0.717, 1.165) is 37.2 Å². The Hall–Kier alpha value is -1.98. The van der Waals surface area contributed by atoms with Crippen molar-refractivity contribution < 1.29 is 4.79 Å². The molecule has 0 bridgehead atoms. The molecule has 0 aliphatic carbocycles. The van der Waals surface area contributed by atoms with Crippen LogP contribution in [0.3, 0.4) is 0 Å². The summed E-state index contributed by atoms with van der Waals surface area (Å²) in [5.41, 5.74) is 2.06. The highest BCUT2D eigenvalue weighted by Gasteiger charge is 2.24. The zero-order valence-corrected chi connectivity index (χ0v) is 14.7. The Labute approximate surface area is 147 Å². The van der Waals surface area contributed by atoms with Crippen LogP contribution >= 0.6 is 11.6 Å². The highest BCUT2D eigenvalue weighted by Crippen LogP contribution is 2.20. The first-order valence-corrected chi connectivity index (χ1v) is 8.52. The van der Waals surface area contributed by atoms with Gasteiger partial charge in [-0.1, -0.05) is 11.6 Å². The predicted molar refractivity (Wildman–Crippen MR) is 95.2 cm³/mol. The molecule has 1 fully saturated rings. The van der Waals surface area contributed by atoms with E-state index in [1.807, 2.05) is 31.0 Å². The fraction of sp³-hybridized carbons (Fsp3) is 0.389. The normalized spacial score (nSPS) is 15.3. The number of aryl methyl sites for hydroxylation is 1. The van der Waals surface area contributed by atoms with Gasteiger partial charge in [-0.05, 0) is 63.2 Å². The van der Waals surface area contributed by atoms with Gasteiger partial charge in [0.25, 0.3) is 5.91 Å². The third kappa shape index (κ3) is 3.74. The number of nitrogens with one attached hydrogen (secondary N) is 1. The summed E-state index contributed by atoms with van der Waals surface area (Å²) in [4.78, 5) is 23.6. The second kappa shape index (κ2) is 7.28. The minimum atomic E-state index is -0.0531. The molecule has 1 saturated heterocycles. The van der Waals surface area contributed by atoms with Crippen molar-refractivity contribution in [3.63, 3.8) is 0 Å². The molecule has 0 unspecified atom stereocenters. The van der Waals surface area contributed by atoms with E-state index in [1.54, 1.807) is 18.2 Å². The molecule has 1 aliphatic rings. The van der Waals surface area contributed by atoms with E-state index in [-0.39, 0.29) is 11.9 Å². The van der Waals surface area contributed by atoms with Gasteiger partial charge < -0.3 is 10.2 Å². The molecule has 0 saturated carbocycles. The fourth-order valence-corrected chi connectivity index (χ4v) is 3.07. The summed E-state index contributed by atoms with van der Waals surface area (Å²) in [7, 11) is 1.86. The van der Waals surface area contributed by atoms with Crippen molar-refractivity contribution in [3.05, 3.63) is 46.7 Å². The molecule has 2 heterocycles. The molecule has 24 heavy (non-hydrogen) atoms. The quantitative estimate of drug-likeness (QED) is 0.930. The van der Waals surface area contributed by atoms with Gasteiger partial charge in [-0.15, -0.1) is 0 Å². The van der Waals surface area contributed by atoms with Crippen LogP contribution in [-0.2, 0) is 0 Å². The Balaban J connectivity index is 1.87. The molecule has 6 heteroatoms. The molecular weight excluding hydrogens is 324 g/mol. The first-order valence-electron chi connectivity index (χ1n) is 8.14. The van der Waals surface area contributed by atoms with Crippen LogP contribution in [0, 0.1) is 6.92 Å². The summed E-state index contributed by atoms with van der Waals surface area (Å²) in [6, 6.07) is 9.33. The van der Waals surface area contributed by atoms with Crippen LogP contribution in [0.15, 0.2) is 30.3 Å². The first kappa shape index (κ1) is 16.9. The van der Waals surface area contributed by atoms with E-state index in [2.05, 4.69) is 15.3 Å². The average Bonchev–Trinajstić information content (AvgIpc) is 2.61. The van der Waals surface area contributed by atoms with Crippen LogP contribution in [0.2, 0.25) is 5.02 Å². The lowest BCUT2D eigenvalue weighted by atomic mass is 10.0. The van der Waals surface area contributed by atoms with Gasteiger partial charge in [-0.3, -0.25) is 4.79 Å². The van der Waals surface area contributed by atoms with Gasteiger partial charge in [-0.2, -0.15) is 0 Å².